The van der Waals surface area contributed by atoms with Gasteiger partial charge in [-0.25, -0.2) is 9.78 Å². The molecule has 0 spiro atoms. The van der Waals surface area contributed by atoms with Gasteiger partial charge in [-0.15, -0.1) is 0 Å². The molecule has 4 nitrogen and oxygen atoms in total. The van der Waals surface area contributed by atoms with Crippen LogP contribution in [0.25, 0.3) is 0 Å². The molecule has 1 aromatic heterocycles. The van der Waals surface area contributed by atoms with Gasteiger partial charge in [0.05, 0.1) is 19.1 Å². The first-order chi connectivity index (χ1) is 8.22. The van der Waals surface area contributed by atoms with Crippen LogP contribution < -0.4 is 0 Å². The molecule has 0 saturated carbocycles. The molecule has 0 atom stereocenters. The Balaban J connectivity index is 2.09. The predicted octanol–water partition coefficient (Wildman–Crippen LogP) is 1.88. The molecule has 0 aliphatic heterocycles. The first-order valence-electron chi connectivity index (χ1n) is 6.00. The van der Waals surface area contributed by atoms with E-state index in [0.29, 0.717) is 12.1 Å². The van der Waals surface area contributed by atoms with Gasteiger partial charge >= 0.3 is 5.97 Å². The molecule has 4 heteroatoms. The predicted molar refractivity (Wildman–Crippen MR) is 64.6 cm³/mol. The Labute approximate surface area is 101 Å². The molecule has 0 unspecified atom stereocenters. The summed E-state index contributed by atoms with van der Waals surface area (Å²) in [6, 6.07) is 0. The average Bonchev–Trinajstić information content (AvgIpc) is 2.78. The summed E-state index contributed by atoms with van der Waals surface area (Å²) in [5.41, 5.74) is 3.19. The van der Waals surface area contributed by atoms with Crippen LogP contribution in [0.2, 0.25) is 0 Å². The SMILES string of the molecule is COC(=O)C(C)=CCn1cnc2c1CCCC2. The van der Waals surface area contributed by atoms with Gasteiger partial charge in [-0.1, -0.05) is 6.08 Å². The summed E-state index contributed by atoms with van der Waals surface area (Å²) in [4.78, 5) is 15.7. The molecule has 0 N–H and O–H groups in total. The molecule has 0 saturated heterocycles. The molecule has 1 aliphatic rings. The Morgan fingerprint density at radius 1 is 1.53 bits per heavy atom. The third-order valence-electron chi connectivity index (χ3n) is 3.21. The number of rotatable bonds is 3. The van der Waals surface area contributed by atoms with Crippen molar-refractivity contribution in [2.45, 2.75) is 39.2 Å². The monoisotopic (exact) mass is 234 g/mol. The highest BCUT2D eigenvalue weighted by Gasteiger charge is 2.14. The van der Waals surface area contributed by atoms with Gasteiger partial charge in [0.15, 0.2) is 0 Å². The summed E-state index contributed by atoms with van der Waals surface area (Å²) in [5.74, 6) is -0.265. The second-order valence-corrected chi connectivity index (χ2v) is 4.38. The quantitative estimate of drug-likeness (QED) is 0.592. The molecule has 0 amide bonds. The highest BCUT2D eigenvalue weighted by atomic mass is 16.5. The van der Waals surface area contributed by atoms with Crippen molar-refractivity contribution in [3.63, 3.8) is 0 Å². The van der Waals surface area contributed by atoms with Crippen LogP contribution >= 0.6 is 0 Å². The van der Waals surface area contributed by atoms with Gasteiger partial charge in [-0.05, 0) is 32.6 Å². The van der Waals surface area contributed by atoms with Crippen LogP contribution in [0, 0.1) is 0 Å². The number of carbonyl (C=O) groups is 1. The van der Waals surface area contributed by atoms with Crippen molar-refractivity contribution in [3.05, 3.63) is 29.4 Å². The molecule has 0 aromatic carbocycles. The number of nitrogens with zero attached hydrogens (tertiary/aromatic N) is 2. The first kappa shape index (κ1) is 11.9. The number of aromatic nitrogens is 2. The van der Waals surface area contributed by atoms with Gasteiger partial charge in [0, 0.05) is 17.8 Å². The second kappa shape index (κ2) is 5.17. The Morgan fingerprint density at radius 3 is 3.06 bits per heavy atom. The zero-order valence-electron chi connectivity index (χ0n) is 10.4. The molecular weight excluding hydrogens is 216 g/mol. The highest BCUT2D eigenvalue weighted by Crippen LogP contribution is 2.19. The summed E-state index contributed by atoms with van der Waals surface area (Å²) in [6.45, 7) is 2.47. The minimum atomic E-state index is -0.265. The number of imidazole rings is 1. The van der Waals surface area contributed by atoms with Crippen molar-refractivity contribution in [1.82, 2.24) is 9.55 Å². The number of hydrogen-bond acceptors (Lipinski definition) is 3. The number of allylic oxidation sites excluding steroid dienone is 1. The summed E-state index contributed by atoms with van der Waals surface area (Å²) >= 11 is 0. The molecule has 0 bridgehead atoms. The van der Waals surface area contributed by atoms with Crippen molar-refractivity contribution in [3.8, 4) is 0 Å². The van der Waals surface area contributed by atoms with Gasteiger partial charge in [-0.3, -0.25) is 0 Å². The largest absolute Gasteiger partial charge is 0.466 e. The molecule has 2 rings (SSSR count). The van der Waals surface area contributed by atoms with E-state index in [9.17, 15) is 4.79 Å². The lowest BCUT2D eigenvalue weighted by Crippen LogP contribution is -2.08. The number of methoxy groups -OCH3 is 1. The molecular formula is C13H18N2O2. The molecule has 17 heavy (non-hydrogen) atoms. The summed E-state index contributed by atoms with van der Waals surface area (Å²) < 4.78 is 6.79. The van der Waals surface area contributed by atoms with E-state index >= 15 is 0 Å². The number of carbonyl (C=O) groups excluding carboxylic acids is 1. The molecule has 0 radical (unpaired) electrons. The standard InChI is InChI=1S/C13H18N2O2/c1-10(13(16)17-2)7-8-15-9-14-11-5-3-4-6-12(11)15/h7,9H,3-6,8H2,1-2H3. The lowest BCUT2D eigenvalue weighted by molar-refractivity contribution is -0.136. The van der Waals surface area contributed by atoms with Crippen LogP contribution in [0.5, 0.6) is 0 Å². The van der Waals surface area contributed by atoms with Crippen LogP contribution in [0.4, 0.5) is 0 Å². The Bertz CT molecular complexity index is 446. The maximum atomic E-state index is 11.2. The maximum Gasteiger partial charge on any atom is 0.333 e. The normalized spacial score (nSPS) is 15.5. The van der Waals surface area contributed by atoms with E-state index in [1.165, 1.54) is 31.3 Å². The first-order valence-corrected chi connectivity index (χ1v) is 6.00. The van der Waals surface area contributed by atoms with Crippen molar-refractivity contribution in [2.24, 2.45) is 0 Å². The Kier molecular flexibility index (Phi) is 3.61. The fourth-order valence-electron chi connectivity index (χ4n) is 2.17. The number of fused-ring (bicyclic) bond motifs is 1. The molecule has 92 valence electrons. The van der Waals surface area contributed by atoms with Crippen LogP contribution in [0.3, 0.4) is 0 Å². The molecule has 0 fully saturated rings. The maximum absolute atomic E-state index is 11.2. The minimum absolute atomic E-state index is 0.265. The number of ether oxygens (including phenoxy) is 1. The molecule has 1 aromatic rings. The fraction of sp³-hybridized carbons (Fsp3) is 0.538. The third-order valence-corrected chi connectivity index (χ3v) is 3.21. The van der Waals surface area contributed by atoms with E-state index < -0.39 is 0 Å². The van der Waals surface area contributed by atoms with E-state index in [0.717, 1.165) is 12.8 Å². The van der Waals surface area contributed by atoms with Crippen molar-refractivity contribution < 1.29 is 9.53 Å². The van der Waals surface area contributed by atoms with Gasteiger partial charge in [-0.2, -0.15) is 0 Å². The number of aryl methyl sites for hydroxylation is 1. The van der Waals surface area contributed by atoms with E-state index in [-0.39, 0.29) is 5.97 Å². The summed E-state index contributed by atoms with van der Waals surface area (Å²) in [5, 5.41) is 0. The van der Waals surface area contributed by atoms with Gasteiger partial charge in [0.1, 0.15) is 0 Å². The van der Waals surface area contributed by atoms with Crippen LogP contribution in [-0.4, -0.2) is 22.6 Å². The Hall–Kier alpha value is -1.58. The van der Waals surface area contributed by atoms with Crippen molar-refractivity contribution >= 4 is 5.97 Å². The molecule has 1 heterocycles. The smallest absolute Gasteiger partial charge is 0.333 e. The van der Waals surface area contributed by atoms with E-state index in [2.05, 4.69) is 14.3 Å². The lowest BCUT2D eigenvalue weighted by Gasteiger charge is -2.12. The fourth-order valence-corrected chi connectivity index (χ4v) is 2.17. The summed E-state index contributed by atoms with van der Waals surface area (Å²) in [7, 11) is 1.40. The number of hydrogen-bond donors (Lipinski definition) is 0. The lowest BCUT2D eigenvalue weighted by atomic mass is 10.0. The van der Waals surface area contributed by atoms with Crippen LogP contribution in [0.1, 0.15) is 31.2 Å². The zero-order chi connectivity index (χ0) is 12.3. The van der Waals surface area contributed by atoms with E-state index in [1.54, 1.807) is 6.92 Å². The second-order valence-electron chi connectivity index (χ2n) is 4.38. The average molecular weight is 234 g/mol. The topological polar surface area (TPSA) is 44.1 Å². The van der Waals surface area contributed by atoms with Crippen molar-refractivity contribution in [1.29, 1.82) is 0 Å². The summed E-state index contributed by atoms with van der Waals surface area (Å²) in [6.07, 6.45) is 8.42. The van der Waals surface area contributed by atoms with Gasteiger partial charge in [0.2, 0.25) is 0 Å². The Morgan fingerprint density at radius 2 is 2.29 bits per heavy atom. The van der Waals surface area contributed by atoms with E-state index in [1.807, 2.05) is 12.4 Å². The number of esters is 1. The van der Waals surface area contributed by atoms with Crippen LogP contribution in [0.15, 0.2) is 18.0 Å². The highest BCUT2D eigenvalue weighted by molar-refractivity contribution is 5.87. The van der Waals surface area contributed by atoms with Gasteiger partial charge < -0.3 is 9.30 Å². The molecule has 1 aliphatic carbocycles. The third kappa shape index (κ3) is 2.57. The van der Waals surface area contributed by atoms with E-state index in [4.69, 9.17) is 0 Å². The zero-order valence-corrected chi connectivity index (χ0v) is 10.4. The van der Waals surface area contributed by atoms with Crippen LogP contribution in [-0.2, 0) is 28.9 Å². The van der Waals surface area contributed by atoms with Gasteiger partial charge in [0.25, 0.3) is 0 Å². The minimum Gasteiger partial charge on any atom is -0.466 e. The van der Waals surface area contributed by atoms with Crippen molar-refractivity contribution in [2.75, 3.05) is 7.11 Å².